The molecule has 1 nitrogen and oxygen atoms in total. The predicted molar refractivity (Wildman–Crippen MR) is 109 cm³/mol. The van der Waals surface area contributed by atoms with E-state index in [0.717, 1.165) is 5.92 Å². The average molecular weight is 343 g/mol. The molecule has 0 saturated heterocycles. The van der Waals surface area contributed by atoms with E-state index in [4.69, 9.17) is 0 Å². The normalized spacial score (nSPS) is 15.2. The molecule has 0 spiro atoms. The summed E-state index contributed by atoms with van der Waals surface area (Å²) in [6.07, 6.45) is 9.09. The van der Waals surface area contributed by atoms with Gasteiger partial charge in [-0.05, 0) is 54.0 Å². The van der Waals surface area contributed by atoms with Gasteiger partial charge in [-0.25, -0.2) is 4.57 Å². The molecule has 132 valence electrons. The summed E-state index contributed by atoms with van der Waals surface area (Å²) in [5, 5.41) is 0. The van der Waals surface area contributed by atoms with Gasteiger partial charge in [-0.3, -0.25) is 0 Å². The summed E-state index contributed by atoms with van der Waals surface area (Å²) in [5.41, 5.74) is 7.99. The summed E-state index contributed by atoms with van der Waals surface area (Å²) in [7, 11) is 2.12. The fourth-order valence-electron chi connectivity index (χ4n) is 4.26. The topological polar surface area (TPSA) is 3.88 Å². The molecule has 0 atom stereocenters. The number of pyridine rings is 1. The van der Waals surface area contributed by atoms with E-state index in [1.165, 1.54) is 65.6 Å². The van der Waals surface area contributed by atoms with Crippen molar-refractivity contribution in [3.63, 3.8) is 0 Å². The molecule has 1 heterocycles. The van der Waals surface area contributed by atoms with E-state index in [1.54, 1.807) is 0 Å². The van der Waals surface area contributed by atoms with Crippen molar-refractivity contribution < 1.29 is 4.57 Å². The maximum Gasteiger partial charge on any atom is 0.213 e. The summed E-state index contributed by atoms with van der Waals surface area (Å²) in [4.78, 5) is 0. The number of benzene rings is 2. The quantitative estimate of drug-likeness (QED) is 0.499. The minimum atomic E-state index is 0.772. The summed E-state index contributed by atoms with van der Waals surface area (Å²) in [6.45, 7) is 2.18. The lowest BCUT2D eigenvalue weighted by molar-refractivity contribution is -0.660. The number of rotatable bonds is 3. The second-order valence-corrected chi connectivity index (χ2v) is 7.68. The second kappa shape index (κ2) is 7.45. The zero-order valence-electron chi connectivity index (χ0n) is 15.9. The van der Waals surface area contributed by atoms with Crippen LogP contribution in [-0.4, -0.2) is 0 Å². The lowest BCUT2D eigenvalue weighted by Gasteiger charge is -2.22. The molecule has 3 aromatic rings. The van der Waals surface area contributed by atoms with Crippen molar-refractivity contribution in [1.29, 1.82) is 0 Å². The monoisotopic (exact) mass is 342 g/mol. The van der Waals surface area contributed by atoms with Gasteiger partial charge in [0.05, 0.1) is 0 Å². The van der Waals surface area contributed by atoms with E-state index in [1.807, 2.05) is 0 Å². The van der Waals surface area contributed by atoms with Gasteiger partial charge >= 0.3 is 0 Å². The molecule has 0 N–H and O–H groups in total. The maximum absolute atomic E-state index is 2.35. The summed E-state index contributed by atoms with van der Waals surface area (Å²) < 4.78 is 2.21. The van der Waals surface area contributed by atoms with E-state index in [-0.39, 0.29) is 0 Å². The second-order valence-electron chi connectivity index (χ2n) is 7.68. The third-order valence-corrected chi connectivity index (χ3v) is 5.89. The van der Waals surface area contributed by atoms with Crippen LogP contribution in [0.2, 0.25) is 0 Å². The van der Waals surface area contributed by atoms with E-state index < -0.39 is 0 Å². The highest BCUT2D eigenvalue weighted by Gasteiger charge is 2.16. The van der Waals surface area contributed by atoms with Crippen molar-refractivity contribution in [1.82, 2.24) is 0 Å². The summed E-state index contributed by atoms with van der Waals surface area (Å²) in [6, 6.07) is 22.5. The van der Waals surface area contributed by atoms with E-state index in [2.05, 4.69) is 85.4 Å². The molecule has 0 bridgehead atoms. The Morgan fingerprint density at radius 1 is 0.808 bits per heavy atom. The standard InChI is InChI=1S/C25H28N/c1-19-8-6-7-11-24(19)25-18-23(16-17-26(25)2)22-14-12-21(13-15-22)20-9-4-3-5-10-20/h6-8,11-18,20H,3-5,9-10H2,1-2H3/q+1. The van der Waals surface area contributed by atoms with Gasteiger partial charge < -0.3 is 0 Å². The molecule has 4 rings (SSSR count). The largest absolute Gasteiger partial charge is 0.213 e. The van der Waals surface area contributed by atoms with Gasteiger partial charge in [-0.1, -0.05) is 61.7 Å². The van der Waals surface area contributed by atoms with Gasteiger partial charge in [-0.2, -0.15) is 0 Å². The van der Waals surface area contributed by atoms with Crippen molar-refractivity contribution in [3.05, 3.63) is 78.0 Å². The van der Waals surface area contributed by atoms with Gasteiger partial charge in [0.15, 0.2) is 6.20 Å². The molecule has 1 aliphatic rings. The number of hydrogen-bond acceptors (Lipinski definition) is 0. The van der Waals surface area contributed by atoms with Crippen LogP contribution in [0.25, 0.3) is 22.4 Å². The Balaban J connectivity index is 1.66. The molecule has 2 aromatic carbocycles. The van der Waals surface area contributed by atoms with Gasteiger partial charge in [0.2, 0.25) is 5.69 Å². The maximum atomic E-state index is 2.35. The zero-order chi connectivity index (χ0) is 17.9. The van der Waals surface area contributed by atoms with Crippen LogP contribution in [0.3, 0.4) is 0 Å². The van der Waals surface area contributed by atoms with Crippen molar-refractivity contribution in [2.24, 2.45) is 7.05 Å². The molecule has 0 unspecified atom stereocenters. The van der Waals surface area contributed by atoms with Crippen molar-refractivity contribution in [2.45, 2.75) is 44.9 Å². The van der Waals surface area contributed by atoms with Crippen LogP contribution in [0.15, 0.2) is 66.9 Å². The molecule has 1 saturated carbocycles. The van der Waals surface area contributed by atoms with Gasteiger partial charge in [0.1, 0.15) is 7.05 Å². The van der Waals surface area contributed by atoms with Gasteiger partial charge in [0.25, 0.3) is 0 Å². The minimum Gasteiger partial charge on any atom is -0.201 e. The third-order valence-electron chi connectivity index (χ3n) is 5.89. The van der Waals surface area contributed by atoms with Crippen LogP contribution in [0.1, 0.15) is 49.1 Å². The predicted octanol–water partition coefficient (Wildman–Crippen LogP) is 6.20. The number of aryl methyl sites for hydroxylation is 2. The van der Waals surface area contributed by atoms with E-state index >= 15 is 0 Å². The molecule has 1 fully saturated rings. The zero-order valence-corrected chi connectivity index (χ0v) is 15.9. The fourth-order valence-corrected chi connectivity index (χ4v) is 4.26. The molecular formula is C25H28N+. The Hall–Kier alpha value is -2.41. The molecular weight excluding hydrogens is 314 g/mol. The summed E-state index contributed by atoms with van der Waals surface area (Å²) >= 11 is 0. The molecule has 1 aliphatic carbocycles. The Bertz CT molecular complexity index is 886. The first-order valence-electron chi connectivity index (χ1n) is 9.88. The lowest BCUT2D eigenvalue weighted by atomic mass is 9.84. The molecule has 1 heteroatoms. The van der Waals surface area contributed by atoms with Crippen LogP contribution in [0.4, 0.5) is 0 Å². The Morgan fingerprint density at radius 3 is 2.27 bits per heavy atom. The number of nitrogens with zero attached hydrogens (tertiary/aromatic N) is 1. The van der Waals surface area contributed by atoms with Crippen LogP contribution in [0.5, 0.6) is 0 Å². The third kappa shape index (κ3) is 3.44. The van der Waals surface area contributed by atoms with Crippen LogP contribution in [0, 0.1) is 6.92 Å². The Morgan fingerprint density at radius 2 is 1.54 bits per heavy atom. The molecule has 0 aliphatic heterocycles. The van der Waals surface area contributed by atoms with Crippen molar-refractivity contribution >= 4 is 0 Å². The van der Waals surface area contributed by atoms with Gasteiger partial charge in [-0.15, -0.1) is 0 Å². The smallest absolute Gasteiger partial charge is 0.201 e. The van der Waals surface area contributed by atoms with Crippen molar-refractivity contribution in [3.8, 4) is 22.4 Å². The molecule has 0 amide bonds. The Kier molecular flexibility index (Phi) is 4.88. The highest BCUT2D eigenvalue weighted by molar-refractivity contribution is 5.70. The fraction of sp³-hybridized carbons (Fsp3) is 0.320. The van der Waals surface area contributed by atoms with Crippen LogP contribution in [-0.2, 0) is 7.05 Å². The first-order valence-corrected chi connectivity index (χ1v) is 9.88. The highest BCUT2D eigenvalue weighted by Crippen LogP contribution is 2.34. The minimum absolute atomic E-state index is 0.772. The number of hydrogen-bond donors (Lipinski definition) is 0. The summed E-state index contributed by atoms with van der Waals surface area (Å²) in [5.74, 6) is 0.772. The first-order chi connectivity index (χ1) is 12.7. The average Bonchev–Trinajstić information content (AvgIpc) is 2.70. The van der Waals surface area contributed by atoms with E-state index in [9.17, 15) is 0 Å². The number of aromatic nitrogens is 1. The molecule has 1 aromatic heterocycles. The molecule has 0 radical (unpaired) electrons. The lowest BCUT2D eigenvalue weighted by Crippen LogP contribution is -2.30. The van der Waals surface area contributed by atoms with Gasteiger partial charge in [0, 0.05) is 17.7 Å². The Labute approximate surface area is 157 Å². The van der Waals surface area contributed by atoms with Crippen molar-refractivity contribution in [2.75, 3.05) is 0 Å². The SMILES string of the molecule is Cc1ccccc1-c1cc(-c2ccc(C3CCCCC3)cc2)cc[n+]1C. The molecule has 26 heavy (non-hydrogen) atoms. The first kappa shape index (κ1) is 17.0. The van der Waals surface area contributed by atoms with Crippen LogP contribution < -0.4 is 4.57 Å². The highest BCUT2D eigenvalue weighted by atomic mass is 14.9. The van der Waals surface area contributed by atoms with Crippen LogP contribution >= 0.6 is 0 Å². The van der Waals surface area contributed by atoms with E-state index in [0.29, 0.717) is 0 Å².